The van der Waals surface area contributed by atoms with Crippen LogP contribution in [0.4, 0.5) is 0 Å². The van der Waals surface area contributed by atoms with Crippen molar-refractivity contribution in [3.63, 3.8) is 0 Å². The number of aromatic nitrogens is 1. The minimum Gasteiger partial charge on any atom is -0.383 e. The van der Waals surface area contributed by atoms with Gasteiger partial charge < -0.3 is 10.1 Å². The molecule has 0 saturated carbocycles. The van der Waals surface area contributed by atoms with E-state index in [2.05, 4.69) is 15.0 Å². The Balaban J connectivity index is 2.05. The van der Waals surface area contributed by atoms with E-state index in [1.807, 2.05) is 6.07 Å². The van der Waals surface area contributed by atoms with E-state index in [-0.39, 0.29) is 4.90 Å². The molecule has 0 atom stereocenters. The lowest BCUT2D eigenvalue weighted by molar-refractivity contribution is 0.199. The van der Waals surface area contributed by atoms with Crippen molar-refractivity contribution in [2.75, 3.05) is 33.4 Å². The highest BCUT2D eigenvalue weighted by atomic mass is 32.2. The van der Waals surface area contributed by atoms with Gasteiger partial charge in [-0.25, -0.2) is 13.1 Å². The van der Waals surface area contributed by atoms with Gasteiger partial charge in [0.05, 0.1) is 11.5 Å². The summed E-state index contributed by atoms with van der Waals surface area (Å²) in [6.45, 7) is 2.17. The molecule has 0 fully saturated rings. The van der Waals surface area contributed by atoms with Crippen molar-refractivity contribution in [2.24, 2.45) is 0 Å². The molecule has 1 aromatic heterocycles. The number of pyridine rings is 1. The fourth-order valence-electron chi connectivity index (χ4n) is 1.98. The Hall–Kier alpha value is -1.54. The largest absolute Gasteiger partial charge is 0.383 e. The van der Waals surface area contributed by atoms with Crippen LogP contribution in [0, 0.1) is 0 Å². The Bertz CT molecular complexity index is 683. The van der Waals surface area contributed by atoms with Crippen LogP contribution in [0.1, 0.15) is 0 Å². The zero-order valence-electron chi connectivity index (χ0n) is 11.9. The summed E-state index contributed by atoms with van der Waals surface area (Å²) in [4.78, 5) is 4.28. The monoisotopic (exact) mass is 309 g/mol. The summed E-state index contributed by atoms with van der Waals surface area (Å²) < 4.78 is 32.2. The third kappa shape index (κ3) is 4.21. The van der Waals surface area contributed by atoms with Crippen molar-refractivity contribution in [3.8, 4) is 0 Å². The van der Waals surface area contributed by atoms with Crippen molar-refractivity contribution in [3.05, 3.63) is 36.7 Å². The molecule has 2 N–H and O–H groups in total. The minimum atomic E-state index is -3.53. The highest BCUT2D eigenvalue weighted by Crippen LogP contribution is 2.21. The van der Waals surface area contributed by atoms with Crippen LogP contribution >= 0.6 is 0 Å². The Kier molecular flexibility index (Phi) is 5.63. The molecule has 2 rings (SSSR count). The summed E-state index contributed by atoms with van der Waals surface area (Å²) in [7, 11) is -1.90. The van der Waals surface area contributed by atoms with Crippen LogP contribution < -0.4 is 10.0 Å². The predicted molar refractivity (Wildman–Crippen MR) is 81.7 cm³/mol. The molecule has 0 bridgehead atoms. The van der Waals surface area contributed by atoms with Gasteiger partial charge in [0.15, 0.2) is 0 Å². The SMILES string of the molecule is COCCNCCNS(=O)(=O)c1cccc2cnccc12. The minimum absolute atomic E-state index is 0.277. The van der Waals surface area contributed by atoms with Crippen molar-refractivity contribution in [1.29, 1.82) is 0 Å². The molecule has 0 amide bonds. The highest BCUT2D eigenvalue weighted by Gasteiger charge is 2.16. The molecular formula is C14H19N3O3S. The van der Waals surface area contributed by atoms with Gasteiger partial charge in [-0.3, -0.25) is 4.98 Å². The first-order valence-corrected chi connectivity index (χ1v) is 8.15. The molecule has 2 aromatic rings. The van der Waals surface area contributed by atoms with Crippen molar-refractivity contribution < 1.29 is 13.2 Å². The molecule has 0 unspecified atom stereocenters. The van der Waals surface area contributed by atoms with E-state index in [1.54, 1.807) is 37.7 Å². The first-order valence-electron chi connectivity index (χ1n) is 6.67. The molecule has 0 aliphatic rings. The number of ether oxygens (including phenoxy) is 1. The number of benzene rings is 1. The molecule has 1 aromatic carbocycles. The number of methoxy groups -OCH3 is 1. The van der Waals surface area contributed by atoms with Crippen molar-refractivity contribution >= 4 is 20.8 Å². The van der Waals surface area contributed by atoms with Crippen LogP contribution in [0.3, 0.4) is 0 Å². The Morgan fingerprint density at radius 1 is 1.19 bits per heavy atom. The fraction of sp³-hybridized carbons (Fsp3) is 0.357. The summed E-state index contributed by atoms with van der Waals surface area (Å²) in [6, 6.07) is 6.87. The molecule has 1 heterocycles. The van der Waals surface area contributed by atoms with Gasteiger partial charge in [0.2, 0.25) is 10.0 Å². The second-order valence-electron chi connectivity index (χ2n) is 4.49. The van der Waals surface area contributed by atoms with Crippen LogP contribution in [-0.2, 0) is 14.8 Å². The molecule has 0 radical (unpaired) electrons. The standard InChI is InChI=1S/C14H19N3O3S/c1-20-10-9-15-7-8-17-21(18,19)14-4-2-3-12-11-16-6-5-13(12)14/h2-6,11,15,17H,7-10H2,1H3. The van der Waals surface area contributed by atoms with Gasteiger partial charge in [-0.1, -0.05) is 12.1 Å². The van der Waals surface area contributed by atoms with Crippen LogP contribution in [-0.4, -0.2) is 46.8 Å². The number of rotatable bonds is 8. The number of nitrogens with one attached hydrogen (secondary N) is 2. The number of sulfonamides is 1. The highest BCUT2D eigenvalue weighted by molar-refractivity contribution is 7.89. The lowest BCUT2D eigenvalue weighted by Crippen LogP contribution is -2.33. The van der Waals surface area contributed by atoms with E-state index in [0.717, 1.165) is 5.39 Å². The van der Waals surface area contributed by atoms with Crippen LogP contribution in [0.5, 0.6) is 0 Å². The average Bonchev–Trinajstić information content (AvgIpc) is 2.50. The Morgan fingerprint density at radius 2 is 2.05 bits per heavy atom. The molecule has 0 aliphatic heterocycles. The molecule has 114 valence electrons. The molecule has 0 spiro atoms. The van der Waals surface area contributed by atoms with Crippen LogP contribution in [0.25, 0.3) is 10.8 Å². The normalized spacial score (nSPS) is 11.9. The first kappa shape index (κ1) is 15.8. The predicted octanol–water partition coefficient (Wildman–Crippen LogP) is 0.749. The number of nitrogens with zero attached hydrogens (tertiary/aromatic N) is 1. The van der Waals surface area contributed by atoms with Crippen molar-refractivity contribution in [2.45, 2.75) is 4.90 Å². The maximum Gasteiger partial charge on any atom is 0.241 e. The summed E-state index contributed by atoms with van der Waals surface area (Å²) in [5.74, 6) is 0. The van der Waals surface area contributed by atoms with Gasteiger partial charge in [-0.05, 0) is 12.1 Å². The Labute approximate surface area is 124 Å². The zero-order valence-corrected chi connectivity index (χ0v) is 12.7. The summed E-state index contributed by atoms with van der Waals surface area (Å²) in [6.07, 6.45) is 3.24. The van der Waals surface area contributed by atoms with Gasteiger partial charge in [0.1, 0.15) is 0 Å². The molecule has 21 heavy (non-hydrogen) atoms. The van der Waals surface area contributed by atoms with E-state index in [0.29, 0.717) is 31.6 Å². The lowest BCUT2D eigenvalue weighted by Gasteiger charge is -2.10. The van der Waals surface area contributed by atoms with Crippen LogP contribution in [0.15, 0.2) is 41.6 Å². The first-order chi connectivity index (χ1) is 10.1. The maximum absolute atomic E-state index is 12.4. The second kappa shape index (κ2) is 7.46. The smallest absolute Gasteiger partial charge is 0.241 e. The number of fused-ring (bicyclic) bond motifs is 1. The van der Waals surface area contributed by atoms with Gasteiger partial charge in [0.25, 0.3) is 0 Å². The van der Waals surface area contributed by atoms with E-state index < -0.39 is 10.0 Å². The van der Waals surface area contributed by atoms with E-state index >= 15 is 0 Å². The fourth-order valence-corrected chi connectivity index (χ4v) is 3.24. The topological polar surface area (TPSA) is 80.3 Å². The molecule has 0 saturated heterocycles. The number of hydrogen-bond donors (Lipinski definition) is 2. The second-order valence-corrected chi connectivity index (χ2v) is 6.23. The average molecular weight is 309 g/mol. The van der Waals surface area contributed by atoms with E-state index in [1.165, 1.54) is 0 Å². The summed E-state index contributed by atoms with van der Waals surface area (Å²) >= 11 is 0. The Morgan fingerprint density at radius 3 is 2.86 bits per heavy atom. The van der Waals surface area contributed by atoms with Gasteiger partial charge in [0, 0.05) is 49.9 Å². The van der Waals surface area contributed by atoms with Gasteiger partial charge in [-0.2, -0.15) is 0 Å². The van der Waals surface area contributed by atoms with E-state index in [9.17, 15) is 8.42 Å². The third-order valence-corrected chi connectivity index (χ3v) is 4.53. The third-order valence-electron chi connectivity index (χ3n) is 3.01. The molecule has 6 nitrogen and oxygen atoms in total. The number of hydrogen-bond acceptors (Lipinski definition) is 5. The molecule has 7 heteroatoms. The quantitative estimate of drug-likeness (QED) is 0.703. The molecule has 0 aliphatic carbocycles. The maximum atomic E-state index is 12.4. The summed E-state index contributed by atoms with van der Waals surface area (Å²) in [5, 5.41) is 4.56. The van der Waals surface area contributed by atoms with Crippen molar-refractivity contribution in [1.82, 2.24) is 15.0 Å². The van der Waals surface area contributed by atoms with E-state index in [4.69, 9.17) is 4.74 Å². The zero-order chi connectivity index (χ0) is 15.1. The lowest BCUT2D eigenvalue weighted by atomic mass is 10.2. The van der Waals surface area contributed by atoms with Gasteiger partial charge in [-0.15, -0.1) is 0 Å². The van der Waals surface area contributed by atoms with Gasteiger partial charge >= 0.3 is 0 Å². The molecular weight excluding hydrogens is 290 g/mol. The summed E-state index contributed by atoms with van der Waals surface area (Å²) in [5.41, 5.74) is 0. The van der Waals surface area contributed by atoms with Crippen LogP contribution in [0.2, 0.25) is 0 Å².